The fraction of sp³-hybridized carbons (Fsp3) is 0.625. The third-order valence-electron chi connectivity index (χ3n) is 4.36. The van der Waals surface area contributed by atoms with Crippen molar-refractivity contribution in [3.05, 3.63) is 33.8 Å². The molecule has 2 fully saturated rings. The number of ether oxygens (including phenoxy) is 1. The van der Waals surface area contributed by atoms with E-state index in [1.54, 1.807) is 0 Å². The topological polar surface area (TPSA) is 21.3 Å². The molecule has 0 spiro atoms. The van der Waals surface area contributed by atoms with Crippen LogP contribution in [0, 0.1) is 5.92 Å². The Kier molecular flexibility index (Phi) is 4.57. The van der Waals surface area contributed by atoms with E-state index in [1.807, 2.05) is 0 Å². The van der Waals surface area contributed by atoms with Gasteiger partial charge in [0.25, 0.3) is 0 Å². The van der Waals surface area contributed by atoms with E-state index in [0.717, 1.165) is 25.6 Å². The zero-order valence-electron chi connectivity index (χ0n) is 11.3. The molecule has 2 atom stereocenters. The van der Waals surface area contributed by atoms with Gasteiger partial charge in [0.2, 0.25) is 0 Å². The SMILES string of the molecule is Brc1cc(CC2CCCNC2)ccc1C1CCOC1. The Morgan fingerprint density at radius 1 is 1.32 bits per heavy atom. The molecular formula is C16H22BrNO. The van der Waals surface area contributed by atoms with Crippen molar-refractivity contribution in [2.45, 2.75) is 31.6 Å². The second-order valence-electron chi connectivity index (χ2n) is 5.83. The first-order valence-electron chi connectivity index (χ1n) is 7.39. The van der Waals surface area contributed by atoms with Gasteiger partial charge in [-0.2, -0.15) is 0 Å². The monoisotopic (exact) mass is 323 g/mol. The van der Waals surface area contributed by atoms with E-state index in [0.29, 0.717) is 5.92 Å². The van der Waals surface area contributed by atoms with Gasteiger partial charge in [-0.25, -0.2) is 0 Å². The fourth-order valence-corrected chi connectivity index (χ4v) is 3.99. The molecule has 3 rings (SSSR count). The molecule has 2 unspecified atom stereocenters. The van der Waals surface area contributed by atoms with Crippen molar-refractivity contribution < 1.29 is 4.74 Å². The molecule has 1 N–H and O–H groups in total. The molecule has 104 valence electrons. The average molecular weight is 324 g/mol. The Morgan fingerprint density at radius 2 is 2.26 bits per heavy atom. The van der Waals surface area contributed by atoms with Crippen molar-refractivity contribution >= 4 is 15.9 Å². The molecule has 0 saturated carbocycles. The maximum Gasteiger partial charge on any atom is 0.0535 e. The molecule has 0 bridgehead atoms. The van der Waals surface area contributed by atoms with Crippen LogP contribution in [-0.4, -0.2) is 26.3 Å². The second-order valence-corrected chi connectivity index (χ2v) is 6.69. The summed E-state index contributed by atoms with van der Waals surface area (Å²) in [6, 6.07) is 6.93. The number of nitrogens with one attached hydrogen (secondary N) is 1. The summed E-state index contributed by atoms with van der Waals surface area (Å²) in [5, 5.41) is 3.50. The number of benzene rings is 1. The molecule has 0 aromatic heterocycles. The Labute approximate surface area is 124 Å². The predicted octanol–water partition coefficient (Wildman–Crippen LogP) is 3.50. The minimum atomic E-state index is 0.583. The highest BCUT2D eigenvalue weighted by molar-refractivity contribution is 9.10. The van der Waals surface area contributed by atoms with Crippen LogP contribution in [0.5, 0.6) is 0 Å². The van der Waals surface area contributed by atoms with Crippen molar-refractivity contribution in [3.8, 4) is 0 Å². The Hall–Kier alpha value is -0.380. The quantitative estimate of drug-likeness (QED) is 0.919. The summed E-state index contributed by atoms with van der Waals surface area (Å²) in [5.41, 5.74) is 2.88. The average Bonchev–Trinajstić information content (AvgIpc) is 2.94. The van der Waals surface area contributed by atoms with Crippen LogP contribution < -0.4 is 5.32 Å². The lowest BCUT2D eigenvalue weighted by Crippen LogP contribution is -2.30. The number of piperidine rings is 1. The largest absolute Gasteiger partial charge is 0.381 e. The van der Waals surface area contributed by atoms with Crippen molar-refractivity contribution in [1.29, 1.82) is 0 Å². The standard InChI is InChI=1S/C16H22BrNO/c17-16-9-12(8-13-2-1-6-18-10-13)3-4-15(16)14-5-7-19-11-14/h3-4,9,13-14,18H,1-2,5-8,10-11H2. The first-order chi connectivity index (χ1) is 9.33. The number of hydrogen-bond acceptors (Lipinski definition) is 2. The first-order valence-corrected chi connectivity index (χ1v) is 8.19. The zero-order valence-corrected chi connectivity index (χ0v) is 12.9. The first kappa shape index (κ1) is 13.6. The molecule has 1 aromatic carbocycles. The third-order valence-corrected chi connectivity index (χ3v) is 5.04. The summed E-state index contributed by atoms with van der Waals surface area (Å²) in [6.45, 7) is 4.16. The molecule has 2 nitrogen and oxygen atoms in total. The van der Waals surface area contributed by atoms with E-state index in [2.05, 4.69) is 39.4 Å². The summed E-state index contributed by atoms with van der Waals surface area (Å²) in [6.07, 6.45) is 5.05. The van der Waals surface area contributed by atoms with E-state index in [9.17, 15) is 0 Å². The normalized spacial score (nSPS) is 27.6. The van der Waals surface area contributed by atoms with Gasteiger partial charge in [0.1, 0.15) is 0 Å². The van der Waals surface area contributed by atoms with Crippen molar-refractivity contribution in [3.63, 3.8) is 0 Å². The molecule has 2 aliphatic heterocycles. The second kappa shape index (κ2) is 6.38. The van der Waals surface area contributed by atoms with Gasteiger partial charge in [0.05, 0.1) is 6.61 Å². The minimum Gasteiger partial charge on any atom is -0.381 e. The van der Waals surface area contributed by atoms with Crippen molar-refractivity contribution in [2.24, 2.45) is 5.92 Å². The fourth-order valence-electron chi connectivity index (χ4n) is 3.24. The molecule has 0 aliphatic carbocycles. The highest BCUT2D eigenvalue weighted by Gasteiger charge is 2.20. The number of halogens is 1. The molecule has 2 saturated heterocycles. The van der Waals surface area contributed by atoms with Crippen LogP contribution in [0.15, 0.2) is 22.7 Å². The molecule has 0 radical (unpaired) electrons. The molecule has 3 heteroatoms. The van der Waals surface area contributed by atoms with Gasteiger partial charge < -0.3 is 10.1 Å². The molecule has 1 aromatic rings. The van der Waals surface area contributed by atoms with E-state index in [1.165, 1.54) is 48.0 Å². The third kappa shape index (κ3) is 3.39. The van der Waals surface area contributed by atoms with Crippen LogP contribution >= 0.6 is 15.9 Å². The lowest BCUT2D eigenvalue weighted by Gasteiger charge is -2.23. The highest BCUT2D eigenvalue weighted by Crippen LogP contribution is 2.32. The highest BCUT2D eigenvalue weighted by atomic mass is 79.9. The van der Waals surface area contributed by atoms with Crippen LogP contribution in [-0.2, 0) is 11.2 Å². The van der Waals surface area contributed by atoms with Gasteiger partial charge in [-0.3, -0.25) is 0 Å². The van der Waals surface area contributed by atoms with Gasteiger partial charge in [-0.05, 0) is 61.9 Å². The maximum atomic E-state index is 5.49. The van der Waals surface area contributed by atoms with E-state index in [4.69, 9.17) is 4.74 Å². The predicted molar refractivity (Wildman–Crippen MR) is 81.6 cm³/mol. The Balaban J connectivity index is 1.67. The Morgan fingerprint density at radius 3 is 2.95 bits per heavy atom. The van der Waals surface area contributed by atoms with Crippen molar-refractivity contribution in [1.82, 2.24) is 5.32 Å². The van der Waals surface area contributed by atoms with Crippen LogP contribution in [0.25, 0.3) is 0 Å². The van der Waals surface area contributed by atoms with E-state index in [-0.39, 0.29) is 0 Å². The van der Waals surface area contributed by atoms with Crippen LogP contribution in [0.2, 0.25) is 0 Å². The van der Waals surface area contributed by atoms with Gasteiger partial charge >= 0.3 is 0 Å². The van der Waals surface area contributed by atoms with E-state index < -0.39 is 0 Å². The lowest BCUT2D eigenvalue weighted by molar-refractivity contribution is 0.194. The van der Waals surface area contributed by atoms with Gasteiger partial charge in [0.15, 0.2) is 0 Å². The maximum absolute atomic E-state index is 5.49. The van der Waals surface area contributed by atoms with Gasteiger partial charge in [-0.15, -0.1) is 0 Å². The summed E-state index contributed by atoms with van der Waals surface area (Å²) >= 11 is 3.75. The van der Waals surface area contributed by atoms with Crippen LogP contribution in [0.3, 0.4) is 0 Å². The summed E-state index contributed by atoms with van der Waals surface area (Å²) in [7, 11) is 0. The van der Waals surface area contributed by atoms with Crippen LogP contribution in [0.1, 0.15) is 36.3 Å². The van der Waals surface area contributed by atoms with Crippen LogP contribution in [0.4, 0.5) is 0 Å². The van der Waals surface area contributed by atoms with Crippen molar-refractivity contribution in [2.75, 3.05) is 26.3 Å². The lowest BCUT2D eigenvalue weighted by atomic mass is 9.90. The molecule has 19 heavy (non-hydrogen) atoms. The molecule has 2 heterocycles. The molecule has 2 aliphatic rings. The Bertz CT molecular complexity index is 423. The smallest absolute Gasteiger partial charge is 0.0535 e. The summed E-state index contributed by atoms with van der Waals surface area (Å²) < 4.78 is 6.76. The van der Waals surface area contributed by atoms with Gasteiger partial charge in [-0.1, -0.05) is 28.1 Å². The van der Waals surface area contributed by atoms with Gasteiger partial charge in [0, 0.05) is 17.0 Å². The zero-order chi connectivity index (χ0) is 13.1. The molecule has 0 amide bonds. The number of rotatable bonds is 3. The minimum absolute atomic E-state index is 0.583. The summed E-state index contributed by atoms with van der Waals surface area (Å²) in [5.74, 6) is 1.39. The molecular weight excluding hydrogens is 302 g/mol. The van der Waals surface area contributed by atoms with E-state index >= 15 is 0 Å². The number of hydrogen-bond donors (Lipinski definition) is 1. The summed E-state index contributed by atoms with van der Waals surface area (Å²) in [4.78, 5) is 0.